The van der Waals surface area contributed by atoms with Crippen LogP contribution in [0.5, 0.6) is 0 Å². The van der Waals surface area contributed by atoms with Crippen molar-refractivity contribution in [3.05, 3.63) is 102 Å². The molecule has 10 heteroatoms. The number of pyridine rings is 1. The summed E-state index contributed by atoms with van der Waals surface area (Å²) < 4.78 is 12.7. The van der Waals surface area contributed by atoms with Gasteiger partial charge in [0.2, 0.25) is 5.95 Å². The second-order valence-corrected chi connectivity index (χ2v) is 8.72. The smallest absolute Gasteiger partial charge is 0.402 e. The Morgan fingerprint density at radius 2 is 2.00 bits per heavy atom. The molecule has 1 unspecified atom stereocenters. The van der Waals surface area contributed by atoms with E-state index in [0.29, 0.717) is 24.0 Å². The van der Waals surface area contributed by atoms with Gasteiger partial charge in [0, 0.05) is 36.2 Å². The number of nitrogens with zero attached hydrogens (tertiary/aromatic N) is 6. The molecule has 1 saturated heterocycles. The molecule has 3 aromatic rings. The number of allylic oxidation sites excluding steroid dienone is 1. The van der Waals surface area contributed by atoms with Gasteiger partial charge in [-0.15, -0.1) is 6.58 Å². The SMILES string of the molecule is C=C(NCc1ccccc1)C1CCCN1C.C=CCn1ncc([N-]N)n1.CC(C)c1cccnc1F.[Na+]. The molecule has 2 aromatic heterocycles. The van der Waals surface area contributed by atoms with Crippen molar-refractivity contribution in [2.24, 2.45) is 5.84 Å². The predicted octanol–water partition coefficient (Wildman–Crippen LogP) is 2.08. The Balaban J connectivity index is 0.000000287. The maximum atomic E-state index is 12.7. The Bertz CT molecular complexity index is 1060. The molecule has 0 aliphatic carbocycles. The third-order valence-corrected chi connectivity index (χ3v) is 5.64. The zero-order valence-electron chi connectivity index (χ0n) is 22.5. The first-order chi connectivity index (χ1) is 17.3. The molecule has 0 radical (unpaired) electrons. The van der Waals surface area contributed by atoms with Gasteiger partial charge in [-0.05, 0) is 49.8 Å². The number of halogens is 1. The van der Waals surface area contributed by atoms with E-state index in [-0.39, 0.29) is 41.4 Å². The minimum Gasteiger partial charge on any atom is -0.402 e. The zero-order chi connectivity index (χ0) is 26.3. The number of hydrogen-bond donors (Lipinski definition) is 2. The number of rotatable bonds is 8. The fourth-order valence-corrected chi connectivity index (χ4v) is 3.66. The Hall–Kier alpha value is -2.56. The van der Waals surface area contributed by atoms with Gasteiger partial charge in [0.25, 0.3) is 0 Å². The molecule has 1 fully saturated rings. The maximum Gasteiger partial charge on any atom is 1.00 e. The van der Waals surface area contributed by atoms with Crippen LogP contribution in [0.4, 0.5) is 10.2 Å². The van der Waals surface area contributed by atoms with Crippen LogP contribution in [0.2, 0.25) is 0 Å². The second-order valence-electron chi connectivity index (χ2n) is 8.72. The average molecular weight is 517 g/mol. The summed E-state index contributed by atoms with van der Waals surface area (Å²) in [6.07, 6.45) is 7.16. The first-order valence-corrected chi connectivity index (χ1v) is 12.0. The molecule has 3 heterocycles. The monoisotopic (exact) mass is 516 g/mol. The van der Waals surface area contributed by atoms with E-state index in [1.54, 1.807) is 18.2 Å². The Kier molecular flexibility index (Phi) is 15.6. The molecule has 194 valence electrons. The quantitative estimate of drug-likeness (QED) is 0.156. The Labute approximate surface area is 242 Å². The molecule has 0 bridgehead atoms. The number of benzene rings is 1. The normalized spacial score (nSPS) is 14.4. The number of likely N-dealkylation sites (N-methyl/N-ethyl adjacent to an activating group) is 1. The molecular formula is C27H38FN8Na. The van der Waals surface area contributed by atoms with Crippen molar-refractivity contribution >= 4 is 5.82 Å². The van der Waals surface area contributed by atoms with Crippen molar-refractivity contribution in [1.29, 1.82) is 0 Å². The number of likely N-dealkylation sites (tertiary alicyclic amines) is 1. The first kappa shape index (κ1) is 32.5. The van der Waals surface area contributed by atoms with Crippen molar-refractivity contribution in [2.75, 3.05) is 13.6 Å². The third kappa shape index (κ3) is 11.6. The van der Waals surface area contributed by atoms with Gasteiger partial charge in [0.15, 0.2) is 0 Å². The van der Waals surface area contributed by atoms with Crippen molar-refractivity contribution in [1.82, 2.24) is 30.2 Å². The standard InChI is InChI=1S/C14H20N2.C8H10FN.C5H8N5.Na/c1-12(14-9-6-10-16(14)2)15-11-13-7-4-3-5-8-13;1-6(2)7-4-3-5-10-8(7)9;1-2-3-10-7-4-5(8-6)9-10;/h3-5,7-8,14-15H,1,6,9-11H2,2H3;3-6H,1-2H3;2,4H,1,3,6H2;/q;;-1;+1. The van der Waals surface area contributed by atoms with Gasteiger partial charge >= 0.3 is 29.6 Å². The largest absolute Gasteiger partial charge is 1.00 e. The van der Waals surface area contributed by atoms with Gasteiger partial charge in [-0.25, -0.2) is 4.98 Å². The molecule has 0 amide bonds. The second kappa shape index (κ2) is 17.8. The van der Waals surface area contributed by atoms with Crippen molar-refractivity contribution in [3.63, 3.8) is 0 Å². The van der Waals surface area contributed by atoms with Crippen molar-refractivity contribution in [3.8, 4) is 0 Å². The van der Waals surface area contributed by atoms with Gasteiger partial charge in [0.05, 0.1) is 6.54 Å². The van der Waals surface area contributed by atoms with Gasteiger partial charge in [0.1, 0.15) is 0 Å². The number of aromatic nitrogens is 4. The summed E-state index contributed by atoms with van der Waals surface area (Å²) in [5.41, 5.74) is 6.49. The van der Waals surface area contributed by atoms with Crippen LogP contribution in [0, 0.1) is 5.95 Å². The molecule has 1 aliphatic rings. The molecule has 1 aliphatic heterocycles. The predicted molar refractivity (Wildman–Crippen MR) is 144 cm³/mol. The van der Waals surface area contributed by atoms with Crippen LogP contribution < -0.4 is 40.7 Å². The summed E-state index contributed by atoms with van der Waals surface area (Å²) in [6.45, 7) is 14.2. The summed E-state index contributed by atoms with van der Waals surface area (Å²) in [7, 11) is 2.17. The molecule has 0 saturated carbocycles. The summed E-state index contributed by atoms with van der Waals surface area (Å²) in [4.78, 5) is 7.37. The van der Waals surface area contributed by atoms with Crippen LogP contribution in [0.25, 0.3) is 5.43 Å². The van der Waals surface area contributed by atoms with E-state index >= 15 is 0 Å². The van der Waals surface area contributed by atoms with E-state index in [1.807, 2.05) is 19.9 Å². The summed E-state index contributed by atoms with van der Waals surface area (Å²) in [6, 6.07) is 14.5. The van der Waals surface area contributed by atoms with Crippen molar-refractivity contribution in [2.45, 2.75) is 51.7 Å². The van der Waals surface area contributed by atoms with E-state index < -0.39 is 0 Å². The van der Waals surface area contributed by atoms with Gasteiger partial charge in [-0.3, -0.25) is 9.70 Å². The van der Waals surface area contributed by atoms with E-state index in [9.17, 15) is 4.39 Å². The van der Waals surface area contributed by atoms with E-state index in [0.717, 1.165) is 12.2 Å². The summed E-state index contributed by atoms with van der Waals surface area (Å²) in [5.74, 6) is 5.24. The van der Waals surface area contributed by atoms with Crippen LogP contribution in [0.15, 0.2) is 79.8 Å². The van der Waals surface area contributed by atoms with Crippen LogP contribution >= 0.6 is 0 Å². The molecule has 0 spiro atoms. The maximum absolute atomic E-state index is 12.7. The van der Waals surface area contributed by atoms with Crippen LogP contribution in [-0.2, 0) is 13.1 Å². The van der Waals surface area contributed by atoms with Crippen LogP contribution in [0.1, 0.15) is 43.7 Å². The van der Waals surface area contributed by atoms with Crippen LogP contribution in [0.3, 0.4) is 0 Å². The molecule has 1 aromatic carbocycles. The molecular weight excluding hydrogens is 478 g/mol. The van der Waals surface area contributed by atoms with Gasteiger partial charge in [-0.2, -0.15) is 9.49 Å². The molecule has 4 rings (SSSR count). The van der Waals surface area contributed by atoms with Gasteiger partial charge in [-0.1, -0.05) is 62.9 Å². The van der Waals surface area contributed by atoms with Gasteiger partial charge < -0.3 is 21.7 Å². The fraction of sp³-hybridized carbons (Fsp3) is 0.370. The minimum absolute atomic E-state index is 0. The Morgan fingerprint density at radius 1 is 1.27 bits per heavy atom. The number of hydrogen-bond acceptors (Lipinski definition) is 6. The number of nitrogens with two attached hydrogens (primary N) is 1. The zero-order valence-corrected chi connectivity index (χ0v) is 24.5. The van der Waals surface area contributed by atoms with Crippen LogP contribution in [-0.4, -0.2) is 44.5 Å². The number of nitrogens with one attached hydrogen (secondary N) is 1. The minimum atomic E-state index is -0.350. The van der Waals surface area contributed by atoms with Crippen molar-refractivity contribution < 1.29 is 33.9 Å². The van der Waals surface area contributed by atoms with E-state index in [2.05, 4.69) is 75.3 Å². The molecule has 3 N–H and O–H groups in total. The molecule has 37 heavy (non-hydrogen) atoms. The van der Waals surface area contributed by atoms with E-state index in [4.69, 9.17) is 5.84 Å². The van der Waals surface area contributed by atoms with E-state index in [1.165, 1.54) is 42.1 Å². The fourth-order valence-electron chi connectivity index (χ4n) is 3.66. The summed E-state index contributed by atoms with van der Waals surface area (Å²) in [5, 5.41) is 11.1. The molecule has 1 atom stereocenters. The first-order valence-electron chi connectivity index (χ1n) is 12.0. The average Bonchev–Trinajstić information content (AvgIpc) is 3.53. The Morgan fingerprint density at radius 3 is 2.51 bits per heavy atom. The third-order valence-electron chi connectivity index (χ3n) is 5.64. The molecule has 8 nitrogen and oxygen atoms in total. The summed E-state index contributed by atoms with van der Waals surface area (Å²) >= 11 is 0. The topological polar surface area (TPSA) is 99.0 Å².